The zero-order chi connectivity index (χ0) is 20.6. The fourth-order valence-corrected chi connectivity index (χ4v) is 4.68. The standard InChI is InChI=1S/C21H18N4O3S/c1-14-21-18(9-11-25(21)29(27,28)17-6-4-3-5-7-17)19(13-23-14)16-8-10-22-20(12-16)24-15(2)26/h3-13H,1-2H3,(H,22,24,26). The highest BCUT2D eigenvalue weighted by atomic mass is 32.2. The van der Waals surface area contributed by atoms with Crippen molar-refractivity contribution < 1.29 is 13.2 Å². The average Bonchev–Trinajstić information content (AvgIpc) is 3.15. The van der Waals surface area contributed by atoms with Crippen molar-refractivity contribution in [3.05, 3.63) is 72.8 Å². The van der Waals surface area contributed by atoms with Gasteiger partial charge in [-0.1, -0.05) is 18.2 Å². The predicted molar refractivity (Wildman–Crippen MR) is 111 cm³/mol. The molecular formula is C21H18N4O3S. The van der Waals surface area contributed by atoms with E-state index in [-0.39, 0.29) is 10.8 Å². The van der Waals surface area contributed by atoms with Gasteiger partial charge in [0.05, 0.1) is 16.1 Å². The molecule has 0 aliphatic rings. The molecule has 0 aliphatic heterocycles. The van der Waals surface area contributed by atoms with Gasteiger partial charge in [0, 0.05) is 36.5 Å². The normalized spacial score (nSPS) is 11.5. The van der Waals surface area contributed by atoms with Gasteiger partial charge in [-0.15, -0.1) is 0 Å². The number of hydrogen-bond donors (Lipinski definition) is 1. The van der Waals surface area contributed by atoms with Crippen LogP contribution >= 0.6 is 0 Å². The van der Waals surface area contributed by atoms with Gasteiger partial charge in [0.1, 0.15) is 5.82 Å². The summed E-state index contributed by atoms with van der Waals surface area (Å²) < 4.78 is 27.6. The third-order valence-electron chi connectivity index (χ3n) is 4.55. The van der Waals surface area contributed by atoms with Crippen LogP contribution in [0.5, 0.6) is 0 Å². The van der Waals surface area contributed by atoms with Crippen molar-refractivity contribution in [3.63, 3.8) is 0 Å². The smallest absolute Gasteiger partial charge is 0.268 e. The summed E-state index contributed by atoms with van der Waals surface area (Å²) in [5.74, 6) is 0.196. The van der Waals surface area contributed by atoms with E-state index in [0.29, 0.717) is 17.0 Å². The first-order valence-electron chi connectivity index (χ1n) is 8.89. The Morgan fingerprint density at radius 1 is 1.07 bits per heavy atom. The third kappa shape index (κ3) is 3.38. The van der Waals surface area contributed by atoms with E-state index in [1.807, 2.05) is 0 Å². The first-order valence-corrected chi connectivity index (χ1v) is 10.3. The number of rotatable bonds is 4. The molecule has 0 aliphatic carbocycles. The van der Waals surface area contributed by atoms with E-state index in [1.165, 1.54) is 10.9 Å². The van der Waals surface area contributed by atoms with Gasteiger partial charge in [0.2, 0.25) is 5.91 Å². The molecule has 4 rings (SSSR count). The van der Waals surface area contributed by atoms with Gasteiger partial charge in [-0.2, -0.15) is 0 Å². The van der Waals surface area contributed by atoms with E-state index in [2.05, 4.69) is 15.3 Å². The second-order valence-corrected chi connectivity index (χ2v) is 8.38. The highest BCUT2D eigenvalue weighted by Crippen LogP contribution is 2.32. The Morgan fingerprint density at radius 2 is 1.83 bits per heavy atom. The van der Waals surface area contributed by atoms with Crippen molar-refractivity contribution in [1.82, 2.24) is 13.9 Å². The molecular weight excluding hydrogens is 388 g/mol. The number of nitrogens with one attached hydrogen (secondary N) is 1. The van der Waals surface area contributed by atoms with Gasteiger partial charge in [-0.25, -0.2) is 17.4 Å². The number of aryl methyl sites for hydroxylation is 1. The molecule has 8 heteroatoms. The van der Waals surface area contributed by atoms with E-state index in [1.54, 1.807) is 74.0 Å². The molecule has 146 valence electrons. The van der Waals surface area contributed by atoms with Gasteiger partial charge >= 0.3 is 0 Å². The minimum absolute atomic E-state index is 0.208. The summed E-state index contributed by atoms with van der Waals surface area (Å²) in [6.07, 6.45) is 4.83. The Hall–Kier alpha value is -3.52. The van der Waals surface area contributed by atoms with Crippen LogP contribution in [0.1, 0.15) is 12.6 Å². The van der Waals surface area contributed by atoms with Crippen molar-refractivity contribution >= 4 is 32.7 Å². The lowest BCUT2D eigenvalue weighted by atomic mass is 10.0. The van der Waals surface area contributed by atoms with Gasteiger partial charge in [0.15, 0.2) is 0 Å². The zero-order valence-electron chi connectivity index (χ0n) is 15.8. The summed E-state index contributed by atoms with van der Waals surface area (Å²) in [7, 11) is -3.76. The molecule has 0 saturated heterocycles. The molecule has 0 atom stereocenters. The first-order chi connectivity index (χ1) is 13.9. The van der Waals surface area contributed by atoms with Gasteiger partial charge in [-0.3, -0.25) is 9.78 Å². The second-order valence-electron chi connectivity index (χ2n) is 6.56. The molecule has 1 N–H and O–H groups in total. The van der Waals surface area contributed by atoms with E-state index >= 15 is 0 Å². The maximum atomic E-state index is 13.2. The maximum Gasteiger partial charge on any atom is 0.268 e. The van der Waals surface area contributed by atoms with Gasteiger partial charge in [-0.05, 0) is 42.8 Å². The van der Waals surface area contributed by atoms with Crippen molar-refractivity contribution in [2.45, 2.75) is 18.7 Å². The number of anilines is 1. The number of fused-ring (bicyclic) bond motifs is 1. The van der Waals surface area contributed by atoms with Crippen molar-refractivity contribution in [3.8, 4) is 11.1 Å². The van der Waals surface area contributed by atoms with E-state index in [4.69, 9.17) is 0 Å². The predicted octanol–water partition coefficient (Wildman–Crippen LogP) is 3.60. The Labute approximate surface area is 168 Å². The van der Waals surface area contributed by atoms with Gasteiger partial charge < -0.3 is 5.32 Å². The monoisotopic (exact) mass is 406 g/mol. The molecule has 0 fully saturated rings. The number of carbonyl (C=O) groups excluding carboxylic acids is 1. The van der Waals surface area contributed by atoms with Gasteiger partial charge in [0.25, 0.3) is 10.0 Å². The van der Waals surface area contributed by atoms with E-state index in [0.717, 1.165) is 16.5 Å². The van der Waals surface area contributed by atoms with Crippen molar-refractivity contribution in [1.29, 1.82) is 0 Å². The highest BCUT2D eigenvalue weighted by Gasteiger charge is 2.21. The lowest BCUT2D eigenvalue weighted by molar-refractivity contribution is -0.114. The molecule has 4 aromatic rings. The minimum atomic E-state index is -3.76. The summed E-state index contributed by atoms with van der Waals surface area (Å²) in [5.41, 5.74) is 2.64. The average molecular weight is 406 g/mol. The molecule has 0 spiro atoms. The van der Waals surface area contributed by atoms with Crippen LogP contribution in [0, 0.1) is 6.92 Å². The molecule has 3 heterocycles. The number of aromatic nitrogens is 3. The molecule has 1 amide bonds. The number of hydrogen-bond acceptors (Lipinski definition) is 5. The molecule has 1 aromatic carbocycles. The molecule has 0 unspecified atom stereocenters. The Bertz CT molecular complexity index is 1330. The van der Waals surface area contributed by atoms with E-state index < -0.39 is 10.0 Å². The molecule has 3 aromatic heterocycles. The van der Waals surface area contributed by atoms with Crippen LogP contribution in [0.25, 0.3) is 22.0 Å². The third-order valence-corrected chi connectivity index (χ3v) is 6.24. The number of amides is 1. The first kappa shape index (κ1) is 18.8. The molecule has 29 heavy (non-hydrogen) atoms. The van der Waals surface area contributed by atoms with Crippen LogP contribution in [-0.4, -0.2) is 28.3 Å². The van der Waals surface area contributed by atoms with Crippen LogP contribution in [0.15, 0.2) is 72.0 Å². The fourth-order valence-electron chi connectivity index (χ4n) is 3.26. The largest absolute Gasteiger partial charge is 0.311 e. The van der Waals surface area contributed by atoms with Crippen LogP contribution in [0.3, 0.4) is 0 Å². The minimum Gasteiger partial charge on any atom is -0.311 e. The number of carbonyl (C=O) groups is 1. The molecule has 7 nitrogen and oxygen atoms in total. The highest BCUT2D eigenvalue weighted by molar-refractivity contribution is 7.90. The lowest BCUT2D eigenvalue weighted by Gasteiger charge is -2.11. The Balaban J connectivity index is 1.91. The maximum absolute atomic E-state index is 13.2. The summed E-state index contributed by atoms with van der Waals surface area (Å²) in [6, 6.07) is 13.6. The molecule has 0 radical (unpaired) electrons. The molecule has 0 bridgehead atoms. The zero-order valence-corrected chi connectivity index (χ0v) is 16.6. The lowest BCUT2D eigenvalue weighted by Crippen LogP contribution is -2.12. The Morgan fingerprint density at radius 3 is 2.55 bits per heavy atom. The quantitative estimate of drug-likeness (QED) is 0.559. The number of nitrogens with zero attached hydrogens (tertiary/aromatic N) is 3. The summed E-state index contributed by atoms with van der Waals surface area (Å²) in [4.78, 5) is 20.1. The summed E-state index contributed by atoms with van der Waals surface area (Å²) in [6.45, 7) is 3.19. The fraction of sp³-hybridized carbons (Fsp3) is 0.0952. The van der Waals surface area contributed by atoms with E-state index in [9.17, 15) is 13.2 Å². The summed E-state index contributed by atoms with van der Waals surface area (Å²) in [5, 5.41) is 3.40. The Kier molecular flexibility index (Phi) is 4.63. The SMILES string of the molecule is CC(=O)Nc1cc(-c2cnc(C)c3c2ccn3S(=O)(=O)c2ccccc2)ccn1. The van der Waals surface area contributed by atoms with Crippen molar-refractivity contribution in [2.75, 3.05) is 5.32 Å². The second kappa shape index (κ2) is 7.14. The van der Waals surface area contributed by atoms with Crippen LogP contribution < -0.4 is 5.32 Å². The van der Waals surface area contributed by atoms with Crippen molar-refractivity contribution in [2.24, 2.45) is 0 Å². The van der Waals surface area contributed by atoms with Crippen LogP contribution in [-0.2, 0) is 14.8 Å². The van der Waals surface area contributed by atoms with Crippen LogP contribution in [0.4, 0.5) is 5.82 Å². The molecule has 0 saturated carbocycles. The summed E-state index contributed by atoms with van der Waals surface area (Å²) >= 11 is 0. The van der Waals surface area contributed by atoms with Crippen LogP contribution in [0.2, 0.25) is 0 Å². The number of benzene rings is 1. The number of pyridine rings is 2. The topological polar surface area (TPSA) is 94.0 Å².